The van der Waals surface area contributed by atoms with Crippen molar-refractivity contribution in [2.75, 3.05) is 5.32 Å². The summed E-state index contributed by atoms with van der Waals surface area (Å²) >= 11 is 6.25. The second-order valence-electron chi connectivity index (χ2n) is 6.94. The van der Waals surface area contributed by atoms with Crippen molar-refractivity contribution in [1.29, 1.82) is 0 Å². The molecule has 0 unspecified atom stereocenters. The SMILES string of the molecule is CC(C)c1nccn1Cc1cccc(NC(=O)c2c[nH]c3nccc(Cl)c23)c1. The number of nitrogens with zero attached hydrogens (tertiary/aromatic N) is 3. The van der Waals surface area contributed by atoms with Crippen LogP contribution in [0.4, 0.5) is 5.69 Å². The number of amides is 1. The van der Waals surface area contributed by atoms with Crippen molar-refractivity contribution in [3.63, 3.8) is 0 Å². The first kappa shape index (κ1) is 18.3. The molecule has 0 aliphatic heterocycles. The summed E-state index contributed by atoms with van der Waals surface area (Å²) in [6.45, 7) is 4.94. The third-order valence-corrected chi connectivity index (χ3v) is 4.88. The first-order chi connectivity index (χ1) is 13.5. The summed E-state index contributed by atoms with van der Waals surface area (Å²) in [5.74, 6) is 1.15. The molecule has 0 fully saturated rings. The second-order valence-corrected chi connectivity index (χ2v) is 7.35. The van der Waals surface area contributed by atoms with Gasteiger partial charge in [-0.2, -0.15) is 0 Å². The second kappa shape index (κ2) is 7.48. The zero-order valence-corrected chi connectivity index (χ0v) is 16.4. The molecule has 3 aromatic heterocycles. The van der Waals surface area contributed by atoms with Crippen LogP contribution in [0.5, 0.6) is 0 Å². The van der Waals surface area contributed by atoms with Gasteiger partial charge < -0.3 is 14.9 Å². The Morgan fingerprint density at radius 2 is 2.11 bits per heavy atom. The highest BCUT2D eigenvalue weighted by Crippen LogP contribution is 2.26. The number of carbonyl (C=O) groups is 1. The van der Waals surface area contributed by atoms with Gasteiger partial charge in [0.2, 0.25) is 0 Å². The lowest BCUT2D eigenvalue weighted by Crippen LogP contribution is -2.12. The van der Waals surface area contributed by atoms with E-state index >= 15 is 0 Å². The third kappa shape index (κ3) is 3.51. The minimum Gasteiger partial charge on any atom is -0.345 e. The van der Waals surface area contributed by atoms with Gasteiger partial charge >= 0.3 is 0 Å². The van der Waals surface area contributed by atoms with Crippen molar-refractivity contribution in [2.24, 2.45) is 0 Å². The predicted molar refractivity (Wildman–Crippen MR) is 111 cm³/mol. The van der Waals surface area contributed by atoms with Crippen LogP contribution < -0.4 is 5.32 Å². The lowest BCUT2D eigenvalue weighted by molar-refractivity contribution is 0.102. The van der Waals surface area contributed by atoms with Gasteiger partial charge in [-0.15, -0.1) is 0 Å². The number of aromatic amines is 1. The molecule has 0 radical (unpaired) electrons. The van der Waals surface area contributed by atoms with Gasteiger partial charge in [0, 0.05) is 42.9 Å². The fourth-order valence-corrected chi connectivity index (χ4v) is 3.54. The van der Waals surface area contributed by atoms with E-state index in [4.69, 9.17) is 11.6 Å². The maximum Gasteiger partial charge on any atom is 0.257 e. The standard InChI is InChI=1S/C21H20ClN5O/c1-13(2)20-24-8-9-27(20)12-14-4-3-5-15(10-14)26-21(28)16-11-25-19-18(16)17(22)6-7-23-19/h3-11,13H,12H2,1-2H3,(H,23,25)(H,26,28). The number of fused-ring (bicyclic) bond motifs is 1. The summed E-state index contributed by atoms with van der Waals surface area (Å²) in [4.78, 5) is 24.4. The van der Waals surface area contributed by atoms with Crippen molar-refractivity contribution in [3.05, 3.63) is 77.1 Å². The summed E-state index contributed by atoms with van der Waals surface area (Å²) < 4.78 is 2.12. The molecule has 2 N–H and O–H groups in total. The van der Waals surface area contributed by atoms with E-state index in [0.717, 1.165) is 17.1 Å². The van der Waals surface area contributed by atoms with E-state index in [1.165, 1.54) is 0 Å². The summed E-state index contributed by atoms with van der Waals surface area (Å²) in [6, 6.07) is 9.48. The molecule has 0 saturated carbocycles. The van der Waals surface area contributed by atoms with Gasteiger partial charge in [-0.3, -0.25) is 4.79 Å². The largest absolute Gasteiger partial charge is 0.345 e. The number of aromatic nitrogens is 4. The Morgan fingerprint density at radius 3 is 2.93 bits per heavy atom. The Kier molecular flexibility index (Phi) is 4.88. The number of halogens is 1. The first-order valence-electron chi connectivity index (χ1n) is 9.06. The third-order valence-electron chi connectivity index (χ3n) is 4.57. The molecule has 0 aliphatic rings. The highest BCUT2D eigenvalue weighted by molar-refractivity contribution is 6.36. The van der Waals surface area contributed by atoms with Crippen LogP contribution in [0.25, 0.3) is 11.0 Å². The Bertz CT molecular complexity index is 1140. The number of imidazole rings is 1. The molecule has 7 heteroatoms. The minimum atomic E-state index is -0.233. The van der Waals surface area contributed by atoms with Gasteiger partial charge in [-0.05, 0) is 23.8 Å². The fourth-order valence-electron chi connectivity index (χ4n) is 3.29. The summed E-state index contributed by atoms with van der Waals surface area (Å²) in [6.07, 6.45) is 7.02. The quantitative estimate of drug-likeness (QED) is 0.509. The van der Waals surface area contributed by atoms with E-state index in [1.54, 1.807) is 18.5 Å². The summed E-state index contributed by atoms with van der Waals surface area (Å²) in [5, 5.41) is 4.07. The average molecular weight is 394 g/mol. The Morgan fingerprint density at radius 1 is 1.25 bits per heavy atom. The molecule has 1 aromatic carbocycles. The molecule has 0 atom stereocenters. The van der Waals surface area contributed by atoms with Crippen LogP contribution in [0.1, 0.15) is 41.5 Å². The monoisotopic (exact) mass is 393 g/mol. The van der Waals surface area contributed by atoms with E-state index in [2.05, 4.69) is 38.7 Å². The van der Waals surface area contributed by atoms with Crippen LogP contribution in [0.15, 0.2) is 55.1 Å². The molecule has 3 heterocycles. The van der Waals surface area contributed by atoms with E-state index < -0.39 is 0 Å². The van der Waals surface area contributed by atoms with Gasteiger partial charge in [0.1, 0.15) is 11.5 Å². The number of anilines is 1. The number of pyridine rings is 1. The summed E-state index contributed by atoms with van der Waals surface area (Å²) in [7, 11) is 0. The van der Waals surface area contributed by atoms with Crippen molar-refractivity contribution < 1.29 is 4.79 Å². The lowest BCUT2D eigenvalue weighted by atomic mass is 10.1. The topological polar surface area (TPSA) is 75.6 Å². The number of rotatable bonds is 5. The highest BCUT2D eigenvalue weighted by Gasteiger charge is 2.16. The van der Waals surface area contributed by atoms with Gasteiger partial charge in [0.05, 0.1) is 16.0 Å². The molecule has 28 heavy (non-hydrogen) atoms. The Balaban J connectivity index is 1.56. The van der Waals surface area contributed by atoms with Crippen LogP contribution in [0, 0.1) is 0 Å². The van der Waals surface area contributed by atoms with Crippen LogP contribution in [-0.4, -0.2) is 25.4 Å². The van der Waals surface area contributed by atoms with E-state index in [-0.39, 0.29) is 5.91 Å². The van der Waals surface area contributed by atoms with Crippen LogP contribution in [0.2, 0.25) is 5.02 Å². The lowest BCUT2D eigenvalue weighted by Gasteiger charge is -2.12. The molecule has 1 amide bonds. The minimum absolute atomic E-state index is 0.233. The highest BCUT2D eigenvalue weighted by atomic mass is 35.5. The van der Waals surface area contributed by atoms with Gasteiger partial charge in [0.25, 0.3) is 5.91 Å². The molecule has 0 aliphatic carbocycles. The van der Waals surface area contributed by atoms with Crippen molar-refractivity contribution >= 4 is 34.2 Å². The molecule has 0 spiro atoms. The molecular formula is C21H20ClN5O. The number of hydrogen-bond acceptors (Lipinski definition) is 3. The zero-order chi connectivity index (χ0) is 19.7. The molecule has 4 aromatic rings. The van der Waals surface area contributed by atoms with Gasteiger partial charge in [0.15, 0.2) is 0 Å². The van der Waals surface area contributed by atoms with E-state index in [1.807, 2.05) is 36.7 Å². The van der Waals surface area contributed by atoms with Gasteiger partial charge in [-0.25, -0.2) is 9.97 Å². The van der Waals surface area contributed by atoms with Crippen LogP contribution >= 0.6 is 11.6 Å². The maximum atomic E-state index is 12.8. The van der Waals surface area contributed by atoms with E-state index in [0.29, 0.717) is 34.1 Å². The maximum absolute atomic E-state index is 12.8. The molecule has 6 nitrogen and oxygen atoms in total. The number of benzene rings is 1. The molecule has 0 saturated heterocycles. The average Bonchev–Trinajstić information content (AvgIpc) is 3.29. The molecule has 0 bridgehead atoms. The number of nitrogens with one attached hydrogen (secondary N) is 2. The van der Waals surface area contributed by atoms with Crippen molar-refractivity contribution in [2.45, 2.75) is 26.3 Å². The van der Waals surface area contributed by atoms with Crippen molar-refractivity contribution in [1.82, 2.24) is 19.5 Å². The van der Waals surface area contributed by atoms with Crippen molar-refractivity contribution in [3.8, 4) is 0 Å². The number of H-pyrrole nitrogens is 1. The fraction of sp³-hybridized carbons (Fsp3) is 0.190. The van der Waals surface area contributed by atoms with Crippen LogP contribution in [-0.2, 0) is 6.54 Å². The Hall–Kier alpha value is -3.12. The normalized spacial score (nSPS) is 11.3. The molecule has 4 rings (SSSR count). The van der Waals surface area contributed by atoms with E-state index in [9.17, 15) is 4.79 Å². The predicted octanol–water partition coefficient (Wildman–Crippen LogP) is 4.84. The number of carbonyl (C=O) groups excluding carboxylic acids is 1. The van der Waals surface area contributed by atoms with Gasteiger partial charge in [-0.1, -0.05) is 37.6 Å². The Labute approximate surface area is 167 Å². The zero-order valence-electron chi connectivity index (χ0n) is 15.6. The first-order valence-corrected chi connectivity index (χ1v) is 9.43. The summed E-state index contributed by atoms with van der Waals surface area (Å²) in [5.41, 5.74) is 2.86. The molecule has 142 valence electrons. The molecular weight excluding hydrogens is 374 g/mol. The number of hydrogen-bond donors (Lipinski definition) is 2. The smallest absolute Gasteiger partial charge is 0.257 e. The van der Waals surface area contributed by atoms with Crippen LogP contribution in [0.3, 0.4) is 0 Å².